The van der Waals surface area contributed by atoms with Gasteiger partial charge in [0.2, 0.25) is 10.0 Å². The van der Waals surface area contributed by atoms with Crippen LogP contribution >= 0.6 is 27.5 Å². The van der Waals surface area contributed by atoms with Crippen LogP contribution in [0.3, 0.4) is 0 Å². The van der Waals surface area contributed by atoms with Crippen LogP contribution in [0.15, 0.2) is 28.7 Å². The molecule has 0 atom stereocenters. The van der Waals surface area contributed by atoms with Crippen LogP contribution in [-0.2, 0) is 15.8 Å². The molecule has 6 heteroatoms. The van der Waals surface area contributed by atoms with E-state index < -0.39 is 10.0 Å². The summed E-state index contributed by atoms with van der Waals surface area (Å²) in [4.78, 5) is 0. The molecule has 0 unspecified atom stereocenters. The van der Waals surface area contributed by atoms with Crippen molar-refractivity contribution in [2.24, 2.45) is 0 Å². The van der Waals surface area contributed by atoms with Gasteiger partial charge in [0.1, 0.15) is 0 Å². The second-order valence-corrected chi connectivity index (χ2v) is 6.07. The van der Waals surface area contributed by atoms with E-state index in [1.165, 1.54) is 0 Å². The molecule has 0 bridgehead atoms. The molecule has 3 nitrogen and oxygen atoms in total. The van der Waals surface area contributed by atoms with Crippen molar-refractivity contribution in [3.8, 4) is 0 Å². The Balaban J connectivity index is 2.69. The first-order valence-corrected chi connectivity index (χ1v) is 7.29. The van der Waals surface area contributed by atoms with E-state index in [1.54, 1.807) is 18.2 Å². The van der Waals surface area contributed by atoms with E-state index in [-0.39, 0.29) is 18.2 Å². The van der Waals surface area contributed by atoms with Gasteiger partial charge >= 0.3 is 0 Å². The molecule has 0 aliphatic carbocycles. The van der Waals surface area contributed by atoms with Gasteiger partial charge in [0.15, 0.2) is 0 Å². The van der Waals surface area contributed by atoms with Crippen molar-refractivity contribution in [2.45, 2.75) is 5.75 Å². The van der Waals surface area contributed by atoms with Gasteiger partial charge in [0, 0.05) is 16.9 Å². The van der Waals surface area contributed by atoms with Crippen LogP contribution in [0.1, 0.15) is 5.56 Å². The fourth-order valence-corrected chi connectivity index (χ4v) is 2.88. The molecule has 1 N–H and O–H groups in total. The largest absolute Gasteiger partial charge is 0.215 e. The van der Waals surface area contributed by atoms with Crippen LogP contribution in [0.2, 0.25) is 0 Å². The average molecular weight is 313 g/mol. The van der Waals surface area contributed by atoms with Crippen LogP contribution in [0.4, 0.5) is 0 Å². The maximum atomic E-state index is 11.5. The Bertz CT molecular complexity index is 422. The van der Waals surface area contributed by atoms with Gasteiger partial charge in [-0.1, -0.05) is 28.1 Å². The molecule has 0 spiro atoms. The number of sulfonamides is 1. The van der Waals surface area contributed by atoms with E-state index >= 15 is 0 Å². The van der Waals surface area contributed by atoms with Crippen molar-refractivity contribution in [1.29, 1.82) is 0 Å². The molecule has 84 valence electrons. The van der Waals surface area contributed by atoms with E-state index in [0.29, 0.717) is 0 Å². The standard InChI is InChI=1S/C9H11BrClNO2S/c10-9-3-1-2-8(6-9)7-15(13,14)12-5-4-11/h1-3,6,12H,4-5,7H2. The summed E-state index contributed by atoms with van der Waals surface area (Å²) in [6.45, 7) is 0.262. The third-order valence-electron chi connectivity index (χ3n) is 1.66. The summed E-state index contributed by atoms with van der Waals surface area (Å²) >= 11 is 8.69. The minimum absolute atomic E-state index is 0.0245. The minimum Gasteiger partial charge on any atom is -0.214 e. The second-order valence-electron chi connectivity index (χ2n) is 2.97. The lowest BCUT2D eigenvalue weighted by atomic mass is 10.2. The second kappa shape index (κ2) is 5.84. The van der Waals surface area contributed by atoms with Crippen molar-refractivity contribution in [3.63, 3.8) is 0 Å². The highest BCUT2D eigenvalue weighted by Crippen LogP contribution is 2.13. The summed E-state index contributed by atoms with van der Waals surface area (Å²) in [5.41, 5.74) is 0.742. The van der Waals surface area contributed by atoms with Gasteiger partial charge in [0.05, 0.1) is 5.75 Å². The summed E-state index contributed by atoms with van der Waals surface area (Å²) in [6.07, 6.45) is 0. The van der Waals surface area contributed by atoms with Crippen molar-refractivity contribution < 1.29 is 8.42 Å². The summed E-state index contributed by atoms with van der Waals surface area (Å²) in [5, 5.41) is 0. The molecule has 15 heavy (non-hydrogen) atoms. The zero-order valence-corrected chi connectivity index (χ0v) is 11.1. The fourth-order valence-electron chi connectivity index (χ4n) is 1.09. The minimum atomic E-state index is -3.27. The zero-order valence-electron chi connectivity index (χ0n) is 7.91. The summed E-state index contributed by atoms with van der Waals surface area (Å²) in [5.74, 6) is 0.251. The third kappa shape index (κ3) is 4.97. The Labute approximate surface area is 103 Å². The summed E-state index contributed by atoms with van der Waals surface area (Å²) in [6, 6.07) is 7.20. The maximum absolute atomic E-state index is 11.5. The maximum Gasteiger partial charge on any atom is 0.215 e. The molecule has 1 aromatic carbocycles. The fraction of sp³-hybridized carbons (Fsp3) is 0.333. The Morgan fingerprint density at radius 2 is 2.13 bits per heavy atom. The molecule has 0 aliphatic rings. The predicted molar refractivity (Wildman–Crippen MR) is 65.5 cm³/mol. The van der Waals surface area contributed by atoms with Crippen molar-refractivity contribution >= 4 is 37.6 Å². The summed E-state index contributed by atoms with van der Waals surface area (Å²) in [7, 11) is -3.27. The Kier molecular flexibility index (Phi) is 5.05. The first-order valence-electron chi connectivity index (χ1n) is 4.31. The van der Waals surface area contributed by atoms with E-state index in [1.807, 2.05) is 6.07 Å². The van der Waals surface area contributed by atoms with Gasteiger partial charge in [0.25, 0.3) is 0 Å². The molecule has 0 aliphatic heterocycles. The highest BCUT2D eigenvalue weighted by Gasteiger charge is 2.10. The van der Waals surface area contributed by atoms with Crippen LogP contribution in [0, 0.1) is 0 Å². The quantitative estimate of drug-likeness (QED) is 0.847. The van der Waals surface area contributed by atoms with Crippen molar-refractivity contribution in [1.82, 2.24) is 4.72 Å². The van der Waals surface area contributed by atoms with Crippen molar-refractivity contribution in [2.75, 3.05) is 12.4 Å². The Hall–Kier alpha value is -0.100. The molecule has 1 rings (SSSR count). The summed E-state index contributed by atoms with van der Waals surface area (Å²) < 4.78 is 26.2. The molecule has 0 fully saturated rings. The lowest BCUT2D eigenvalue weighted by Crippen LogP contribution is -2.26. The SMILES string of the molecule is O=S(=O)(Cc1cccc(Br)c1)NCCCl. The van der Waals surface area contributed by atoms with Gasteiger partial charge in [-0.15, -0.1) is 11.6 Å². The Morgan fingerprint density at radius 1 is 1.40 bits per heavy atom. The zero-order chi connectivity index (χ0) is 11.3. The molecular weight excluding hydrogens is 302 g/mol. The predicted octanol–water partition coefficient (Wildman–Crippen LogP) is 2.11. The lowest BCUT2D eigenvalue weighted by Gasteiger charge is -2.05. The third-order valence-corrected chi connectivity index (χ3v) is 3.70. The van der Waals surface area contributed by atoms with Gasteiger partial charge in [-0.25, -0.2) is 13.1 Å². The van der Waals surface area contributed by atoms with E-state index in [0.717, 1.165) is 10.0 Å². The van der Waals surface area contributed by atoms with Crippen LogP contribution in [-0.4, -0.2) is 20.8 Å². The van der Waals surface area contributed by atoms with Gasteiger partial charge in [-0.05, 0) is 17.7 Å². The molecule has 0 radical (unpaired) electrons. The smallest absolute Gasteiger partial charge is 0.214 e. The van der Waals surface area contributed by atoms with E-state index in [4.69, 9.17) is 11.6 Å². The van der Waals surface area contributed by atoms with Gasteiger partial charge < -0.3 is 0 Å². The molecule has 0 aromatic heterocycles. The van der Waals surface area contributed by atoms with E-state index in [9.17, 15) is 8.42 Å². The van der Waals surface area contributed by atoms with Crippen LogP contribution in [0.5, 0.6) is 0 Å². The number of benzene rings is 1. The molecule has 0 saturated carbocycles. The number of hydrogen-bond acceptors (Lipinski definition) is 2. The molecule has 0 saturated heterocycles. The molecule has 0 amide bonds. The Morgan fingerprint density at radius 3 is 2.73 bits per heavy atom. The average Bonchev–Trinajstić information content (AvgIpc) is 2.14. The monoisotopic (exact) mass is 311 g/mol. The molecular formula is C9H11BrClNO2S. The van der Waals surface area contributed by atoms with Crippen LogP contribution < -0.4 is 4.72 Å². The number of hydrogen-bond donors (Lipinski definition) is 1. The molecule has 0 heterocycles. The first kappa shape index (κ1) is 13.0. The lowest BCUT2D eigenvalue weighted by molar-refractivity contribution is 0.583. The van der Waals surface area contributed by atoms with Crippen molar-refractivity contribution in [3.05, 3.63) is 34.3 Å². The van der Waals surface area contributed by atoms with Crippen LogP contribution in [0.25, 0.3) is 0 Å². The highest BCUT2D eigenvalue weighted by molar-refractivity contribution is 9.10. The number of alkyl halides is 1. The molecule has 1 aromatic rings. The van der Waals surface area contributed by atoms with Gasteiger partial charge in [-0.3, -0.25) is 0 Å². The number of halogens is 2. The van der Waals surface area contributed by atoms with E-state index in [2.05, 4.69) is 20.7 Å². The number of nitrogens with one attached hydrogen (secondary N) is 1. The normalized spacial score (nSPS) is 11.6. The topological polar surface area (TPSA) is 46.2 Å². The highest BCUT2D eigenvalue weighted by atomic mass is 79.9. The number of rotatable bonds is 5. The van der Waals surface area contributed by atoms with Gasteiger partial charge in [-0.2, -0.15) is 0 Å². The first-order chi connectivity index (χ1) is 7.03.